The van der Waals surface area contributed by atoms with Crippen LogP contribution in [0.5, 0.6) is 0 Å². The molecule has 0 atom stereocenters. The smallest absolute Gasteiger partial charge is 0.185 e. The van der Waals surface area contributed by atoms with Crippen LogP contribution in [0.2, 0.25) is 0 Å². The fourth-order valence-electron chi connectivity index (χ4n) is 1.63. The van der Waals surface area contributed by atoms with Crippen LogP contribution in [0, 0.1) is 0 Å². The summed E-state index contributed by atoms with van der Waals surface area (Å²) in [4.78, 5) is 13.1. The molecule has 0 saturated heterocycles. The van der Waals surface area contributed by atoms with Crippen molar-refractivity contribution in [3.63, 3.8) is 0 Å². The van der Waals surface area contributed by atoms with Crippen molar-refractivity contribution in [1.29, 1.82) is 0 Å². The summed E-state index contributed by atoms with van der Waals surface area (Å²) in [5, 5.41) is 0. The Morgan fingerprint density at radius 3 is 2.26 bits per heavy atom. The molecule has 0 bridgehead atoms. The molecular weight excluding hydrogens is 254 g/mol. The number of ketones is 1. The maximum Gasteiger partial charge on any atom is 0.185 e. The lowest BCUT2D eigenvalue weighted by atomic mass is 10.1. The van der Waals surface area contributed by atoms with E-state index in [2.05, 4.69) is 0 Å². The first-order chi connectivity index (χ1) is 9.19. The number of hydrogen-bond acceptors (Lipinski definition) is 3. The molecule has 0 aromatic heterocycles. The van der Waals surface area contributed by atoms with E-state index in [0.717, 1.165) is 5.56 Å². The molecule has 0 amide bonds. The zero-order chi connectivity index (χ0) is 13.7. The van der Waals surface area contributed by atoms with E-state index >= 15 is 0 Å². The van der Waals surface area contributed by atoms with Crippen molar-refractivity contribution in [2.24, 2.45) is 0 Å². The zero-order valence-corrected chi connectivity index (χ0v) is 11.5. The predicted octanol–water partition coefficient (Wildman–Crippen LogP) is 3.89. The largest absolute Gasteiger partial charge is 0.399 e. The number of benzene rings is 2. The van der Waals surface area contributed by atoms with Crippen LogP contribution in [0.4, 0.5) is 5.69 Å². The van der Waals surface area contributed by atoms with Crippen LogP contribution in [-0.4, -0.2) is 12.0 Å². The van der Waals surface area contributed by atoms with Crippen LogP contribution in [0.15, 0.2) is 59.5 Å². The molecule has 2 nitrogen and oxygen atoms in total. The molecule has 0 aliphatic rings. The van der Waals surface area contributed by atoms with Crippen molar-refractivity contribution >= 4 is 29.3 Å². The van der Waals surface area contributed by atoms with Crippen molar-refractivity contribution in [3.05, 3.63) is 65.7 Å². The summed E-state index contributed by atoms with van der Waals surface area (Å²) in [7, 11) is 0. The minimum atomic E-state index is -0.0195. The van der Waals surface area contributed by atoms with Crippen molar-refractivity contribution in [2.45, 2.75) is 4.90 Å². The number of nitrogen functional groups attached to an aromatic ring is 1. The molecule has 0 aliphatic carbocycles. The molecule has 2 rings (SSSR count). The van der Waals surface area contributed by atoms with Crippen LogP contribution in [0.25, 0.3) is 6.08 Å². The Hall–Kier alpha value is -2.00. The van der Waals surface area contributed by atoms with E-state index in [9.17, 15) is 4.79 Å². The van der Waals surface area contributed by atoms with Gasteiger partial charge in [0.05, 0.1) is 0 Å². The van der Waals surface area contributed by atoms with Gasteiger partial charge in [-0.3, -0.25) is 4.79 Å². The molecule has 19 heavy (non-hydrogen) atoms. The highest BCUT2D eigenvalue weighted by Gasteiger charge is 2.00. The number of thioether (sulfide) groups is 1. The summed E-state index contributed by atoms with van der Waals surface area (Å²) < 4.78 is 0. The third-order valence-electron chi connectivity index (χ3n) is 2.74. The second-order valence-corrected chi connectivity index (χ2v) is 4.97. The first kappa shape index (κ1) is 13.4. The maximum atomic E-state index is 11.9. The summed E-state index contributed by atoms with van der Waals surface area (Å²) in [6, 6.07) is 15.0. The number of nitrogens with two attached hydrogens (primary N) is 1. The molecule has 2 aromatic carbocycles. The molecule has 0 unspecified atom stereocenters. The van der Waals surface area contributed by atoms with Gasteiger partial charge >= 0.3 is 0 Å². The summed E-state index contributed by atoms with van der Waals surface area (Å²) in [5.74, 6) is -0.0195. The van der Waals surface area contributed by atoms with Crippen LogP contribution in [0.1, 0.15) is 15.9 Å². The van der Waals surface area contributed by atoms with Gasteiger partial charge in [0.1, 0.15) is 0 Å². The maximum absolute atomic E-state index is 11.9. The standard InChI is InChI=1S/C16H15NOS/c1-19-15-9-2-12(3-10-15)4-11-16(18)13-5-7-14(17)8-6-13/h2-11H,17H2,1H3/b11-4+. The normalized spacial score (nSPS) is 10.8. The topological polar surface area (TPSA) is 43.1 Å². The van der Waals surface area contributed by atoms with E-state index in [1.54, 1.807) is 42.1 Å². The van der Waals surface area contributed by atoms with Crippen molar-refractivity contribution < 1.29 is 4.79 Å². The van der Waals surface area contributed by atoms with Gasteiger partial charge in [-0.05, 0) is 54.3 Å². The summed E-state index contributed by atoms with van der Waals surface area (Å²) in [6.07, 6.45) is 5.44. The van der Waals surface area contributed by atoms with E-state index < -0.39 is 0 Å². The van der Waals surface area contributed by atoms with Gasteiger partial charge in [-0.2, -0.15) is 0 Å². The molecule has 2 N–H and O–H groups in total. The van der Waals surface area contributed by atoms with Gasteiger partial charge in [0.2, 0.25) is 0 Å². The number of hydrogen-bond donors (Lipinski definition) is 1. The second kappa shape index (κ2) is 6.25. The molecule has 3 heteroatoms. The van der Waals surface area contributed by atoms with E-state index in [4.69, 9.17) is 5.73 Å². The lowest BCUT2D eigenvalue weighted by Gasteiger charge is -1.98. The van der Waals surface area contributed by atoms with Gasteiger partial charge in [0.15, 0.2) is 5.78 Å². The molecule has 0 spiro atoms. The minimum Gasteiger partial charge on any atom is -0.399 e. The van der Waals surface area contributed by atoms with Gasteiger partial charge in [0.25, 0.3) is 0 Å². The molecular formula is C16H15NOS. The highest BCUT2D eigenvalue weighted by Crippen LogP contribution is 2.16. The number of rotatable bonds is 4. The van der Waals surface area contributed by atoms with Gasteiger partial charge in [-0.25, -0.2) is 0 Å². The zero-order valence-electron chi connectivity index (χ0n) is 10.7. The van der Waals surface area contributed by atoms with Crippen molar-refractivity contribution in [1.82, 2.24) is 0 Å². The van der Waals surface area contributed by atoms with Crippen LogP contribution >= 0.6 is 11.8 Å². The Bertz CT molecular complexity index is 585. The summed E-state index contributed by atoms with van der Waals surface area (Å²) >= 11 is 1.70. The lowest BCUT2D eigenvalue weighted by molar-refractivity contribution is 0.104. The minimum absolute atomic E-state index is 0.0195. The van der Waals surface area contributed by atoms with Crippen molar-refractivity contribution in [2.75, 3.05) is 12.0 Å². The number of allylic oxidation sites excluding steroid dienone is 1. The van der Waals surface area contributed by atoms with Crippen LogP contribution in [-0.2, 0) is 0 Å². The highest BCUT2D eigenvalue weighted by molar-refractivity contribution is 7.98. The number of carbonyl (C=O) groups excluding carboxylic acids is 1. The monoisotopic (exact) mass is 269 g/mol. The van der Waals surface area contributed by atoms with Crippen LogP contribution in [0.3, 0.4) is 0 Å². The van der Waals surface area contributed by atoms with E-state index in [0.29, 0.717) is 11.3 Å². The Balaban J connectivity index is 2.08. The first-order valence-corrected chi connectivity index (χ1v) is 7.13. The quantitative estimate of drug-likeness (QED) is 0.396. The Morgan fingerprint density at radius 1 is 1.05 bits per heavy atom. The van der Waals surface area contributed by atoms with Crippen LogP contribution < -0.4 is 5.73 Å². The molecule has 0 heterocycles. The number of anilines is 1. The van der Waals surface area contributed by atoms with E-state index in [1.165, 1.54) is 4.90 Å². The summed E-state index contributed by atoms with van der Waals surface area (Å²) in [5.41, 5.74) is 7.91. The van der Waals surface area contributed by atoms with E-state index in [1.807, 2.05) is 36.6 Å². The highest BCUT2D eigenvalue weighted by atomic mass is 32.2. The first-order valence-electron chi connectivity index (χ1n) is 5.91. The molecule has 0 fully saturated rings. The predicted molar refractivity (Wildman–Crippen MR) is 82.4 cm³/mol. The number of carbonyl (C=O) groups is 1. The average Bonchev–Trinajstić information content (AvgIpc) is 2.46. The average molecular weight is 269 g/mol. The van der Waals surface area contributed by atoms with Gasteiger partial charge in [-0.15, -0.1) is 11.8 Å². The molecule has 96 valence electrons. The van der Waals surface area contributed by atoms with Gasteiger partial charge in [0, 0.05) is 16.1 Å². The fourth-order valence-corrected chi connectivity index (χ4v) is 2.04. The fraction of sp³-hybridized carbons (Fsp3) is 0.0625. The molecule has 0 aliphatic heterocycles. The van der Waals surface area contributed by atoms with E-state index in [-0.39, 0.29) is 5.78 Å². The van der Waals surface area contributed by atoms with Gasteiger partial charge < -0.3 is 5.73 Å². The SMILES string of the molecule is CSc1ccc(/C=C/C(=O)c2ccc(N)cc2)cc1. The second-order valence-electron chi connectivity index (χ2n) is 4.09. The third-order valence-corrected chi connectivity index (χ3v) is 3.48. The Labute approximate surface area is 117 Å². The third kappa shape index (κ3) is 3.73. The Morgan fingerprint density at radius 2 is 1.68 bits per heavy atom. The lowest BCUT2D eigenvalue weighted by Crippen LogP contribution is -1.94. The molecule has 0 radical (unpaired) electrons. The Kier molecular flexibility index (Phi) is 4.42. The summed E-state index contributed by atoms with van der Waals surface area (Å²) in [6.45, 7) is 0. The molecule has 0 saturated carbocycles. The van der Waals surface area contributed by atoms with Crippen molar-refractivity contribution in [3.8, 4) is 0 Å². The molecule has 2 aromatic rings. The van der Waals surface area contributed by atoms with Gasteiger partial charge in [-0.1, -0.05) is 18.2 Å².